The number of ether oxygens (including phenoxy) is 1. The number of rotatable bonds is 9. The van der Waals surface area contributed by atoms with Crippen molar-refractivity contribution in [2.75, 3.05) is 23.9 Å². The van der Waals surface area contributed by atoms with Crippen molar-refractivity contribution in [2.24, 2.45) is 5.73 Å². The summed E-state index contributed by atoms with van der Waals surface area (Å²) in [6.07, 6.45) is -1.71. The van der Waals surface area contributed by atoms with Crippen molar-refractivity contribution in [2.45, 2.75) is 39.0 Å². The number of anilines is 1. The molecule has 14 heteroatoms. The minimum atomic E-state index is -4.88. The number of likely N-dealkylation sites (tertiary alicyclic amines) is 1. The number of hydrogen-bond acceptors (Lipinski definition) is 7. The Labute approximate surface area is 230 Å². The quantitative estimate of drug-likeness (QED) is 0.297. The molecular formula is C26H30F3N5O5S. The summed E-state index contributed by atoms with van der Waals surface area (Å²) in [5.41, 5.74) is 4.90. The number of nitrogen functional groups attached to an aromatic ring is 1. The lowest BCUT2D eigenvalue weighted by Crippen LogP contribution is -2.40. The first-order valence-electron chi connectivity index (χ1n) is 12.2. The highest BCUT2D eigenvalue weighted by molar-refractivity contribution is 7.88. The van der Waals surface area contributed by atoms with E-state index in [0.717, 1.165) is 19.1 Å². The Morgan fingerprint density at radius 3 is 2.40 bits per heavy atom. The zero-order valence-corrected chi connectivity index (χ0v) is 22.7. The number of amidine groups is 2. The highest BCUT2D eigenvalue weighted by Gasteiger charge is 2.37. The fraction of sp³-hybridized carbons (Fsp3) is 0.346. The number of hydrogen-bond donors (Lipinski definition) is 3. The van der Waals surface area contributed by atoms with Crippen molar-refractivity contribution < 1.29 is 35.3 Å². The largest absolute Gasteiger partial charge is 0.490 e. The van der Waals surface area contributed by atoms with Crippen LogP contribution in [0.4, 0.5) is 18.9 Å². The van der Waals surface area contributed by atoms with Gasteiger partial charge in [-0.15, -0.1) is 0 Å². The third-order valence-electron chi connectivity index (χ3n) is 6.04. The Balaban J connectivity index is 1.93. The second-order valence-electron chi connectivity index (χ2n) is 9.07. The first-order valence-corrected chi connectivity index (χ1v) is 13.6. The molecule has 0 spiro atoms. The molecule has 10 nitrogen and oxygen atoms in total. The molecule has 0 amide bonds. The molecule has 1 aliphatic rings. The Hall–Kier alpha value is -4.07. The van der Waals surface area contributed by atoms with Crippen LogP contribution in [-0.4, -0.2) is 56.7 Å². The van der Waals surface area contributed by atoms with Crippen LogP contribution in [0, 0.1) is 10.8 Å². The lowest BCUT2D eigenvalue weighted by Gasteiger charge is -2.33. The average Bonchev–Trinajstić information content (AvgIpc) is 2.86. The molecule has 1 heterocycles. The van der Waals surface area contributed by atoms with E-state index in [-0.39, 0.29) is 5.84 Å². The molecule has 0 aliphatic carbocycles. The van der Waals surface area contributed by atoms with Crippen LogP contribution in [0.25, 0.3) is 6.08 Å². The van der Waals surface area contributed by atoms with E-state index < -0.39 is 52.1 Å². The first kappa shape index (κ1) is 30.5. The molecule has 2 aromatic rings. The number of carbonyl (C=O) groups is 1. The van der Waals surface area contributed by atoms with Gasteiger partial charge in [0.2, 0.25) is 0 Å². The highest BCUT2D eigenvalue weighted by atomic mass is 32.2. The lowest BCUT2D eigenvalue weighted by molar-refractivity contribution is -0.139. The number of carbonyl (C=O) groups excluding carboxylic acids is 1. The van der Waals surface area contributed by atoms with E-state index in [2.05, 4.69) is 4.18 Å². The van der Waals surface area contributed by atoms with Crippen LogP contribution < -0.4 is 14.8 Å². The normalized spacial score (nSPS) is 14.7. The lowest BCUT2D eigenvalue weighted by atomic mass is 10.1. The minimum Gasteiger partial charge on any atom is -0.490 e. The van der Waals surface area contributed by atoms with Gasteiger partial charge in [-0.05, 0) is 36.8 Å². The van der Waals surface area contributed by atoms with Gasteiger partial charge in [-0.2, -0.15) is 21.6 Å². The van der Waals surface area contributed by atoms with Gasteiger partial charge in [-0.25, -0.2) is 4.31 Å². The Morgan fingerprint density at radius 1 is 1.15 bits per heavy atom. The van der Waals surface area contributed by atoms with Crippen molar-refractivity contribution in [3.63, 3.8) is 0 Å². The van der Waals surface area contributed by atoms with Crippen molar-refractivity contribution in [3.8, 4) is 5.75 Å². The summed E-state index contributed by atoms with van der Waals surface area (Å²) in [7, 11) is -4.82. The second-order valence-corrected chi connectivity index (χ2v) is 10.5. The second kappa shape index (κ2) is 12.4. The zero-order chi connectivity index (χ0) is 29.7. The molecule has 1 saturated heterocycles. The van der Waals surface area contributed by atoms with Gasteiger partial charge in [-0.1, -0.05) is 30.4 Å². The van der Waals surface area contributed by atoms with Gasteiger partial charge in [0.25, 0.3) is 0 Å². The number of nitrogens with zero attached hydrogens (tertiary/aromatic N) is 2. The van der Waals surface area contributed by atoms with Crippen LogP contribution in [0.5, 0.6) is 5.75 Å². The number of alkyl halides is 3. The van der Waals surface area contributed by atoms with E-state index in [0.29, 0.717) is 53.3 Å². The van der Waals surface area contributed by atoms with E-state index in [9.17, 15) is 26.4 Å². The third kappa shape index (κ3) is 7.97. The highest BCUT2D eigenvalue weighted by Crippen LogP contribution is 2.40. The third-order valence-corrected chi connectivity index (χ3v) is 7.38. The van der Waals surface area contributed by atoms with Crippen molar-refractivity contribution in [1.82, 2.24) is 4.90 Å². The maximum atomic E-state index is 14.1. The Kier molecular flexibility index (Phi) is 9.45. The van der Waals surface area contributed by atoms with Crippen LogP contribution in [-0.2, 0) is 25.5 Å². The van der Waals surface area contributed by atoms with Crippen molar-refractivity contribution in [1.29, 1.82) is 10.8 Å². The standard InChI is InChI=1S/C26H30F3N5O5S/c1-17(30)33-13-10-22(11-14-33)38-24-9-8-21(16-23(24)26(27,28)29)34(40(36,37)39-18(2)35)12-4-6-19-5-3-7-20(15-19)25(31)32/h3-9,15-16,22,30H,10-14H2,1-2H3,(H3,31,32)/b6-4+,30-17?. The Bertz CT molecular complexity index is 1400. The van der Waals surface area contributed by atoms with Gasteiger partial charge in [-0.3, -0.25) is 15.6 Å². The summed E-state index contributed by atoms with van der Waals surface area (Å²) in [4.78, 5) is 13.3. The van der Waals surface area contributed by atoms with E-state index in [1.54, 1.807) is 36.1 Å². The SMILES string of the molecule is CC(=N)N1CCC(Oc2ccc(N(C/C=C/c3cccc(C(=N)N)c3)S(=O)(=O)OC(C)=O)cc2C(F)(F)F)CC1. The summed E-state index contributed by atoms with van der Waals surface area (Å²) in [5.74, 6) is -1.42. The molecule has 0 bridgehead atoms. The van der Waals surface area contributed by atoms with E-state index >= 15 is 0 Å². The molecule has 0 radical (unpaired) electrons. The summed E-state index contributed by atoms with van der Waals surface area (Å²) >= 11 is 0. The fourth-order valence-corrected chi connectivity index (χ4v) is 5.13. The number of nitrogens with two attached hydrogens (primary N) is 1. The molecule has 1 fully saturated rings. The number of piperidine rings is 1. The fourth-order valence-electron chi connectivity index (χ4n) is 4.10. The molecule has 2 aromatic carbocycles. The van der Waals surface area contributed by atoms with Gasteiger partial charge in [0, 0.05) is 38.4 Å². The van der Waals surface area contributed by atoms with E-state index in [1.165, 1.54) is 12.2 Å². The van der Waals surface area contributed by atoms with Crippen LogP contribution >= 0.6 is 0 Å². The number of nitrogens with one attached hydrogen (secondary N) is 2. The van der Waals surface area contributed by atoms with E-state index in [4.69, 9.17) is 21.3 Å². The topological polar surface area (TPSA) is 150 Å². The summed E-state index contributed by atoms with van der Waals surface area (Å²) < 4.78 is 78.6. The molecule has 216 valence electrons. The molecular weight excluding hydrogens is 551 g/mol. The van der Waals surface area contributed by atoms with Gasteiger partial charge in [0.05, 0.1) is 23.6 Å². The van der Waals surface area contributed by atoms with Crippen LogP contribution in [0.3, 0.4) is 0 Å². The summed E-state index contributed by atoms with van der Waals surface area (Å²) in [6.45, 7) is 2.96. The van der Waals surface area contributed by atoms with Gasteiger partial charge >= 0.3 is 22.4 Å². The van der Waals surface area contributed by atoms with Gasteiger partial charge in [0.15, 0.2) is 0 Å². The predicted octanol–water partition coefficient (Wildman–Crippen LogP) is 4.16. The maximum Gasteiger partial charge on any atom is 0.420 e. The average molecular weight is 582 g/mol. The number of halogens is 3. The molecule has 4 N–H and O–H groups in total. The summed E-state index contributed by atoms with van der Waals surface area (Å²) in [5, 5.41) is 15.2. The van der Waals surface area contributed by atoms with Crippen LogP contribution in [0.1, 0.15) is 43.4 Å². The predicted molar refractivity (Wildman–Crippen MR) is 145 cm³/mol. The molecule has 0 unspecified atom stereocenters. The molecule has 1 aliphatic heterocycles. The molecule has 40 heavy (non-hydrogen) atoms. The molecule has 0 aromatic heterocycles. The van der Waals surface area contributed by atoms with Crippen LogP contribution in [0.15, 0.2) is 48.5 Å². The number of benzene rings is 2. The monoisotopic (exact) mass is 581 g/mol. The molecule has 0 saturated carbocycles. The maximum absolute atomic E-state index is 14.1. The van der Waals surface area contributed by atoms with Crippen molar-refractivity contribution >= 4 is 39.7 Å². The smallest absolute Gasteiger partial charge is 0.420 e. The molecule has 0 atom stereocenters. The first-order chi connectivity index (χ1) is 18.7. The van der Waals surface area contributed by atoms with Gasteiger partial charge in [0.1, 0.15) is 17.7 Å². The van der Waals surface area contributed by atoms with Crippen LogP contribution in [0.2, 0.25) is 0 Å². The zero-order valence-electron chi connectivity index (χ0n) is 21.9. The minimum absolute atomic E-state index is 0.174. The summed E-state index contributed by atoms with van der Waals surface area (Å²) in [6, 6.07) is 9.31. The van der Waals surface area contributed by atoms with Crippen molar-refractivity contribution in [3.05, 3.63) is 65.2 Å². The molecule has 3 rings (SSSR count). The van der Waals surface area contributed by atoms with E-state index in [1.807, 2.05) is 0 Å². The Morgan fingerprint density at radius 2 is 1.82 bits per heavy atom. The van der Waals surface area contributed by atoms with Gasteiger partial charge < -0.3 is 19.6 Å².